The molecule has 3 aromatic carbocycles. The third kappa shape index (κ3) is 5.60. The molecule has 0 aliphatic carbocycles. The average molecular weight is 493 g/mol. The van der Waals surface area contributed by atoms with E-state index in [1.54, 1.807) is 35.2 Å². The summed E-state index contributed by atoms with van der Waals surface area (Å²) in [6.07, 6.45) is 1.87. The van der Waals surface area contributed by atoms with Crippen molar-refractivity contribution < 1.29 is 4.79 Å². The number of urea groups is 1. The monoisotopic (exact) mass is 492 g/mol. The Morgan fingerprint density at radius 1 is 0.941 bits per heavy atom. The Balaban J connectivity index is 1.57. The molecular formula is C25H22Cl2N6O. The highest BCUT2D eigenvalue weighted by atomic mass is 35.5. The van der Waals surface area contributed by atoms with Crippen molar-refractivity contribution >= 4 is 46.6 Å². The van der Waals surface area contributed by atoms with Crippen LogP contribution in [0, 0.1) is 11.5 Å². The van der Waals surface area contributed by atoms with Crippen LogP contribution in [-0.4, -0.2) is 41.4 Å². The largest absolute Gasteiger partial charge is 0.338 e. The van der Waals surface area contributed by atoms with Crippen LogP contribution in [0.25, 0.3) is 0 Å². The third-order valence-corrected chi connectivity index (χ3v) is 6.08. The molecule has 2 amide bonds. The van der Waals surface area contributed by atoms with Gasteiger partial charge >= 0.3 is 6.03 Å². The molecule has 0 spiro atoms. The number of para-hydroxylation sites is 1. The van der Waals surface area contributed by atoms with E-state index in [-0.39, 0.29) is 12.1 Å². The number of nitriles is 1. The van der Waals surface area contributed by atoms with Gasteiger partial charge in [-0.1, -0.05) is 65.7 Å². The van der Waals surface area contributed by atoms with E-state index in [0.717, 1.165) is 5.56 Å². The molecule has 4 rings (SSSR count). The van der Waals surface area contributed by atoms with Gasteiger partial charge in [0.05, 0.1) is 16.8 Å². The molecule has 1 aliphatic heterocycles. The molecule has 2 N–H and O–H groups in total. The molecule has 1 atom stereocenters. The molecular weight excluding hydrogens is 471 g/mol. The smallest absolute Gasteiger partial charge is 0.322 e. The van der Waals surface area contributed by atoms with E-state index in [0.29, 0.717) is 47.0 Å². The standard InChI is InChI=1S/C25H22Cl2N6O/c26-19-10-12-20(13-11-19)30-25(34)33-15-14-32(16-23(33)18-6-2-1-3-7-18)24(29-17-28)31-22-9-5-4-8-21(22)27/h1-13,23H,14-16H2,(H,29,31)(H,30,34). The number of nitrogens with zero attached hydrogens (tertiary/aromatic N) is 4. The van der Waals surface area contributed by atoms with Gasteiger partial charge in [-0.15, -0.1) is 4.99 Å². The number of piperazine rings is 1. The molecule has 9 heteroatoms. The lowest BCUT2D eigenvalue weighted by molar-refractivity contribution is 0.136. The van der Waals surface area contributed by atoms with Crippen LogP contribution < -0.4 is 10.6 Å². The third-order valence-electron chi connectivity index (χ3n) is 5.50. The fraction of sp³-hybridized carbons (Fsp3) is 0.160. The summed E-state index contributed by atoms with van der Waals surface area (Å²) in [5, 5.41) is 16.5. The van der Waals surface area contributed by atoms with Gasteiger partial charge in [-0.3, -0.25) is 0 Å². The van der Waals surface area contributed by atoms with Crippen molar-refractivity contribution in [3.8, 4) is 6.19 Å². The summed E-state index contributed by atoms with van der Waals surface area (Å²) < 4.78 is 0. The van der Waals surface area contributed by atoms with Gasteiger partial charge in [0, 0.05) is 30.3 Å². The minimum atomic E-state index is -0.265. The molecule has 0 bridgehead atoms. The van der Waals surface area contributed by atoms with E-state index >= 15 is 0 Å². The molecule has 1 unspecified atom stereocenters. The predicted molar refractivity (Wildman–Crippen MR) is 136 cm³/mol. The first-order chi connectivity index (χ1) is 16.5. The highest BCUT2D eigenvalue weighted by molar-refractivity contribution is 6.33. The van der Waals surface area contributed by atoms with Crippen LogP contribution in [0.1, 0.15) is 11.6 Å². The van der Waals surface area contributed by atoms with Gasteiger partial charge < -0.3 is 20.4 Å². The highest BCUT2D eigenvalue weighted by Crippen LogP contribution is 2.28. The van der Waals surface area contributed by atoms with Crippen molar-refractivity contribution in [2.24, 2.45) is 4.99 Å². The SMILES string of the molecule is N#C/N=C(/Nc1ccccc1Cl)N1CCN(C(=O)Nc2ccc(Cl)cc2)C(c2ccccc2)C1. The molecule has 1 saturated heterocycles. The Bertz CT molecular complexity index is 1210. The zero-order valence-corrected chi connectivity index (χ0v) is 19.7. The van der Waals surface area contributed by atoms with E-state index in [9.17, 15) is 10.1 Å². The average Bonchev–Trinajstić information content (AvgIpc) is 2.86. The number of anilines is 2. The number of benzene rings is 3. The van der Waals surface area contributed by atoms with Crippen LogP contribution in [0.5, 0.6) is 0 Å². The molecule has 1 heterocycles. The lowest BCUT2D eigenvalue weighted by atomic mass is 10.0. The molecule has 3 aromatic rings. The lowest BCUT2D eigenvalue weighted by Gasteiger charge is -2.42. The maximum atomic E-state index is 13.2. The van der Waals surface area contributed by atoms with Gasteiger partial charge in [0.25, 0.3) is 0 Å². The van der Waals surface area contributed by atoms with E-state index in [2.05, 4.69) is 15.6 Å². The summed E-state index contributed by atoms with van der Waals surface area (Å²) in [6, 6.07) is 23.6. The minimum absolute atomic E-state index is 0.214. The second-order valence-corrected chi connectivity index (χ2v) is 8.49. The molecule has 7 nitrogen and oxygen atoms in total. The van der Waals surface area contributed by atoms with Crippen LogP contribution in [0.3, 0.4) is 0 Å². The fourth-order valence-corrected chi connectivity index (χ4v) is 4.12. The van der Waals surface area contributed by atoms with Crippen LogP contribution in [0.15, 0.2) is 83.9 Å². The first-order valence-electron chi connectivity index (χ1n) is 10.7. The second-order valence-electron chi connectivity index (χ2n) is 7.64. The fourth-order valence-electron chi connectivity index (χ4n) is 3.82. The van der Waals surface area contributed by atoms with Gasteiger partial charge in [0.1, 0.15) is 0 Å². The number of hydrogen-bond acceptors (Lipinski definition) is 3. The Kier molecular flexibility index (Phi) is 7.53. The summed E-state index contributed by atoms with van der Waals surface area (Å²) in [6.45, 7) is 1.35. The second kappa shape index (κ2) is 10.9. The first-order valence-corrected chi connectivity index (χ1v) is 11.4. The maximum absolute atomic E-state index is 13.2. The molecule has 1 aliphatic rings. The summed E-state index contributed by atoms with van der Waals surface area (Å²) in [5.74, 6) is 0.384. The topological polar surface area (TPSA) is 83.8 Å². The van der Waals surface area contributed by atoms with Crippen LogP contribution in [0.4, 0.5) is 16.2 Å². The van der Waals surface area contributed by atoms with Crippen molar-refractivity contribution in [2.45, 2.75) is 6.04 Å². The zero-order chi connectivity index (χ0) is 23.9. The normalized spacial score (nSPS) is 16.0. The van der Waals surface area contributed by atoms with Crippen molar-refractivity contribution in [3.05, 3.63) is 94.5 Å². The van der Waals surface area contributed by atoms with Crippen LogP contribution >= 0.6 is 23.2 Å². The van der Waals surface area contributed by atoms with Crippen LogP contribution in [0.2, 0.25) is 10.0 Å². The summed E-state index contributed by atoms with van der Waals surface area (Å²) in [7, 11) is 0. The number of carbonyl (C=O) groups excluding carboxylic acids is 1. The van der Waals surface area contributed by atoms with Gasteiger partial charge in [0.2, 0.25) is 12.2 Å². The Morgan fingerprint density at radius 3 is 2.35 bits per heavy atom. The van der Waals surface area contributed by atoms with Crippen molar-refractivity contribution in [1.29, 1.82) is 5.26 Å². The Morgan fingerprint density at radius 2 is 1.65 bits per heavy atom. The van der Waals surface area contributed by atoms with E-state index in [4.69, 9.17) is 23.2 Å². The zero-order valence-electron chi connectivity index (χ0n) is 18.2. The van der Waals surface area contributed by atoms with Gasteiger partial charge in [0.15, 0.2) is 0 Å². The van der Waals surface area contributed by atoms with Crippen molar-refractivity contribution in [3.63, 3.8) is 0 Å². The number of nitrogens with one attached hydrogen (secondary N) is 2. The number of carbonyl (C=O) groups is 1. The molecule has 34 heavy (non-hydrogen) atoms. The van der Waals surface area contributed by atoms with Gasteiger partial charge in [-0.05, 0) is 42.0 Å². The number of hydrogen-bond donors (Lipinski definition) is 2. The molecule has 0 radical (unpaired) electrons. The lowest BCUT2D eigenvalue weighted by Crippen LogP contribution is -2.54. The van der Waals surface area contributed by atoms with Crippen molar-refractivity contribution in [1.82, 2.24) is 9.80 Å². The summed E-state index contributed by atoms with van der Waals surface area (Å²) >= 11 is 12.3. The highest BCUT2D eigenvalue weighted by Gasteiger charge is 2.33. The van der Waals surface area contributed by atoms with E-state index in [1.165, 1.54) is 0 Å². The number of guanidine groups is 1. The van der Waals surface area contributed by atoms with E-state index < -0.39 is 0 Å². The molecule has 0 saturated carbocycles. The number of rotatable bonds is 3. The Labute approximate surface area is 208 Å². The van der Waals surface area contributed by atoms with E-state index in [1.807, 2.05) is 59.6 Å². The van der Waals surface area contributed by atoms with Gasteiger partial charge in [-0.2, -0.15) is 5.26 Å². The predicted octanol–water partition coefficient (Wildman–Crippen LogP) is 5.83. The van der Waals surface area contributed by atoms with Gasteiger partial charge in [-0.25, -0.2) is 4.79 Å². The maximum Gasteiger partial charge on any atom is 0.322 e. The summed E-state index contributed by atoms with van der Waals surface area (Å²) in [5.41, 5.74) is 2.29. The number of aliphatic imine (C=N–C) groups is 1. The molecule has 0 aromatic heterocycles. The van der Waals surface area contributed by atoms with Crippen molar-refractivity contribution in [2.75, 3.05) is 30.3 Å². The number of halogens is 2. The minimum Gasteiger partial charge on any atom is -0.338 e. The molecule has 1 fully saturated rings. The quantitative estimate of drug-likeness (QED) is 0.273. The molecule has 172 valence electrons. The first kappa shape index (κ1) is 23.4. The number of amides is 2. The van der Waals surface area contributed by atoms with Crippen LogP contribution in [-0.2, 0) is 0 Å². The Hall–Kier alpha value is -3.73. The summed E-state index contributed by atoms with van der Waals surface area (Å²) in [4.78, 5) is 21.0.